The maximum absolute atomic E-state index is 14.0. The molecule has 11 unspecified atom stereocenters. The van der Waals surface area contributed by atoms with Gasteiger partial charge in [0.2, 0.25) is 0 Å². The van der Waals surface area contributed by atoms with E-state index in [4.69, 9.17) is 38.9 Å². The fourth-order valence-corrected chi connectivity index (χ4v) is 12.0. The summed E-state index contributed by atoms with van der Waals surface area (Å²) < 4.78 is 38.1. The SMILES string of the molecule is CC1CC(N(C)C)CC(O)O1.CCNC(=O)c1cnc(N)c2ncn(CCCSC3C(=O)OC(C)(C)C3C(C)C(=O)[C@H](C)CC(C)(C[C@@H](C)CC(C)C(=O)OC)OC)c12.COC1(C)CC(C)OC(O)C1.COC=O. The minimum atomic E-state index is -0.806. The number of aromatic nitrogens is 3. The van der Waals surface area contributed by atoms with E-state index < -0.39 is 34.9 Å². The average molecular weight is 1070 g/mol. The molecule has 0 radical (unpaired) electrons. The second-order valence-electron chi connectivity index (χ2n) is 21.5. The fraction of sp³-hybridized carbons (Fsp3) is 0.792. The van der Waals surface area contributed by atoms with Crippen molar-refractivity contribution < 1.29 is 67.3 Å². The lowest BCUT2D eigenvalue weighted by Gasteiger charge is -2.38. The highest BCUT2D eigenvalue weighted by Gasteiger charge is 2.54. The first-order valence-electron chi connectivity index (χ1n) is 25.8. The monoisotopic (exact) mass is 1070 g/mol. The molecule has 0 spiro atoms. The minimum absolute atomic E-state index is 0.0739. The second kappa shape index (κ2) is 30.7. The summed E-state index contributed by atoms with van der Waals surface area (Å²) in [5.41, 5.74) is 5.98. The quantitative estimate of drug-likeness (QED) is 0.0469. The number of amides is 1. The van der Waals surface area contributed by atoms with Gasteiger partial charge in [-0.05, 0) is 106 Å². The van der Waals surface area contributed by atoms with Crippen LogP contribution < -0.4 is 11.1 Å². The van der Waals surface area contributed by atoms with Gasteiger partial charge in [-0.3, -0.25) is 24.0 Å². The molecule has 3 aliphatic heterocycles. The number of cyclic esters (lactones) is 1. The summed E-state index contributed by atoms with van der Waals surface area (Å²) >= 11 is 1.51. The van der Waals surface area contributed by atoms with Crippen molar-refractivity contribution in [1.29, 1.82) is 0 Å². The van der Waals surface area contributed by atoms with Crippen LogP contribution in [0.25, 0.3) is 11.0 Å². The first kappa shape index (κ1) is 66.2. The van der Waals surface area contributed by atoms with Crippen molar-refractivity contribution in [2.75, 3.05) is 60.6 Å². The van der Waals surface area contributed by atoms with Crippen molar-refractivity contribution in [1.82, 2.24) is 24.8 Å². The Morgan fingerprint density at radius 1 is 1.00 bits per heavy atom. The van der Waals surface area contributed by atoms with Crippen LogP contribution in [0.2, 0.25) is 0 Å². The standard InChI is InChI=1S/C35H55N5O7S.C8H17NO2.C8H16O3.C2H4O2/c1-11-37-31(42)24-18-38-30(36)26-27(24)40(19-39-26)13-12-14-48-29-25(34(6,7)47-33(29)44)23(5)28(41)22(4)17-35(8,46-10)16-20(2)15-21(3)32(43)45-9;1-6-4-7(9(2)3)5-8(10)11-6;1-6-4-8(2,10-3)5-7(9)11-6;1-4-2-3/h18-23,25,29H,11-17H2,1-10H3,(H2,36,38)(H,37,42);6-8,10H,4-5H2,1-3H3;6-7,9H,4-5H2,1-3H3;2H,1H3/t20-,21?,22+,23?,25?,29?,35?;;;/m0.../s1. The van der Waals surface area contributed by atoms with Gasteiger partial charge in [-0.2, -0.15) is 0 Å². The number of ether oxygens (including phenoxy) is 7. The summed E-state index contributed by atoms with van der Waals surface area (Å²) in [6.07, 6.45) is 7.88. The number of methoxy groups -OCH3 is 4. The number of hydrogen-bond donors (Lipinski definition) is 4. The third-order valence-corrected chi connectivity index (χ3v) is 15.5. The lowest BCUT2D eigenvalue weighted by molar-refractivity contribution is -0.215. The van der Waals surface area contributed by atoms with E-state index in [9.17, 15) is 29.4 Å². The van der Waals surface area contributed by atoms with Gasteiger partial charge < -0.3 is 63.9 Å². The number of ketones is 1. The van der Waals surface area contributed by atoms with Crippen molar-refractivity contribution in [3.8, 4) is 0 Å². The van der Waals surface area contributed by atoms with Gasteiger partial charge in [0.05, 0.1) is 61.0 Å². The van der Waals surface area contributed by atoms with E-state index in [1.807, 2.05) is 87.9 Å². The molecule has 424 valence electrons. The summed E-state index contributed by atoms with van der Waals surface area (Å²) in [7, 11) is 10.1. The molecule has 13 atom stereocenters. The molecule has 0 aliphatic carbocycles. The first-order valence-corrected chi connectivity index (χ1v) is 26.8. The Labute approximate surface area is 444 Å². The van der Waals surface area contributed by atoms with Gasteiger partial charge in [-0.15, -0.1) is 11.8 Å². The molecular weight excluding hydrogens is 977 g/mol. The number of thioether (sulfide) groups is 1. The Kier molecular flexibility index (Phi) is 27.4. The molecule has 2 aromatic heterocycles. The predicted molar refractivity (Wildman–Crippen MR) is 285 cm³/mol. The maximum Gasteiger partial charge on any atom is 0.320 e. The largest absolute Gasteiger partial charge is 0.471 e. The number of aryl methyl sites for hydroxylation is 1. The van der Waals surface area contributed by atoms with Crippen LogP contribution in [0.5, 0.6) is 0 Å². The number of carbonyl (C=O) groups excluding carboxylic acids is 5. The Balaban J connectivity index is 0.000000579. The van der Waals surface area contributed by atoms with Crippen molar-refractivity contribution in [2.45, 2.75) is 187 Å². The number of fused-ring (bicyclic) bond motifs is 1. The van der Waals surface area contributed by atoms with Crippen LogP contribution in [-0.4, -0.2) is 167 Å². The smallest absolute Gasteiger partial charge is 0.320 e. The van der Waals surface area contributed by atoms with Gasteiger partial charge in [-0.25, -0.2) is 9.97 Å². The van der Waals surface area contributed by atoms with E-state index in [2.05, 4.69) is 31.8 Å². The van der Waals surface area contributed by atoms with E-state index in [1.165, 1.54) is 32.2 Å². The van der Waals surface area contributed by atoms with Gasteiger partial charge in [0, 0.05) is 76.6 Å². The zero-order valence-corrected chi connectivity index (χ0v) is 48.2. The molecule has 5 N–H and O–H groups in total. The highest BCUT2D eigenvalue weighted by atomic mass is 32.2. The van der Waals surface area contributed by atoms with E-state index >= 15 is 0 Å². The van der Waals surface area contributed by atoms with Crippen LogP contribution in [0.4, 0.5) is 5.82 Å². The number of nitrogens with zero attached hydrogens (tertiary/aromatic N) is 4. The zero-order chi connectivity index (χ0) is 56.3. The van der Waals surface area contributed by atoms with Gasteiger partial charge in [0.25, 0.3) is 12.4 Å². The molecule has 21 heteroatoms. The Morgan fingerprint density at radius 3 is 2.18 bits per heavy atom. The molecule has 74 heavy (non-hydrogen) atoms. The lowest BCUT2D eigenvalue weighted by atomic mass is 9.73. The van der Waals surface area contributed by atoms with E-state index in [-0.39, 0.29) is 70.9 Å². The summed E-state index contributed by atoms with van der Waals surface area (Å²) in [6, 6.07) is 0.466. The van der Waals surface area contributed by atoms with Crippen molar-refractivity contribution in [3.63, 3.8) is 0 Å². The fourth-order valence-electron chi connectivity index (χ4n) is 10.5. The molecule has 3 saturated heterocycles. The molecule has 1 amide bonds. The Hall–Kier alpha value is -3.96. The third kappa shape index (κ3) is 19.9. The molecule has 0 aromatic carbocycles. The van der Waals surface area contributed by atoms with Gasteiger partial charge in [-0.1, -0.05) is 27.7 Å². The normalized spacial score (nSPS) is 26.7. The minimum Gasteiger partial charge on any atom is -0.471 e. The number of imidazole rings is 1. The van der Waals surface area contributed by atoms with Crippen LogP contribution in [0.1, 0.15) is 138 Å². The number of anilines is 1. The molecule has 20 nitrogen and oxygen atoms in total. The van der Waals surface area contributed by atoms with Crippen molar-refractivity contribution >= 4 is 58.7 Å². The summed E-state index contributed by atoms with van der Waals surface area (Å²) in [5, 5.41) is 20.8. The number of nitrogens with two attached hydrogens (primary N) is 1. The number of rotatable bonds is 21. The molecule has 0 bridgehead atoms. The third-order valence-electron chi connectivity index (χ3n) is 14.2. The molecule has 0 saturated carbocycles. The van der Waals surface area contributed by atoms with Crippen molar-refractivity contribution in [2.24, 2.45) is 29.6 Å². The first-order chi connectivity index (χ1) is 34.6. The number of nitrogens with one attached hydrogen (secondary N) is 1. The second-order valence-corrected chi connectivity index (χ2v) is 22.7. The number of Topliss-reactive ketones (excluding diaryl/α,β-unsaturated/α-hetero) is 1. The van der Waals surface area contributed by atoms with Crippen molar-refractivity contribution in [3.05, 3.63) is 18.1 Å². The number of carbonyl (C=O) groups is 5. The topological polar surface area (TPSA) is 262 Å². The molecule has 5 rings (SSSR count). The molecule has 3 fully saturated rings. The molecule has 5 heterocycles. The number of nitrogen functional groups attached to an aromatic ring is 1. The number of hydrogen-bond acceptors (Lipinski definition) is 19. The number of aliphatic hydroxyl groups excluding tert-OH is 2. The number of aliphatic hydroxyl groups is 2. The van der Waals surface area contributed by atoms with Gasteiger partial charge in [0.15, 0.2) is 18.4 Å². The number of esters is 2. The highest BCUT2D eigenvalue weighted by molar-refractivity contribution is 8.00. The zero-order valence-electron chi connectivity index (χ0n) is 47.4. The molecular formula is C53H92N6O14S. The average Bonchev–Trinajstić information content (AvgIpc) is 3.85. The van der Waals surface area contributed by atoms with E-state index in [0.717, 1.165) is 19.3 Å². The van der Waals surface area contributed by atoms with Crippen LogP contribution >= 0.6 is 11.8 Å². The van der Waals surface area contributed by atoms with Gasteiger partial charge >= 0.3 is 11.9 Å². The van der Waals surface area contributed by atoms with Crippen LogP contribution in [0.3, 0.4) is 0 Å². The summed E-state index contributed by atoms with van der Waals surface area (Å²) in [6.45, 7) is 22.7. The molecule has 2 aromatic rings. The van der Waals surface area contributed by atoms with Gasteiger partial charge in [0.1, 0.15) is 22.2 Å². The highest BCUT2D eigenvalue weighted by Crippen LogP contribution is 2.45. The van der Waals surface area contributed by atoms with Crippen LogP contribution in [0, 0.1) is 29.6 Å². The summed E-state index contributed by atoms with van der Waals surface area (Å²) in [5.74, 6) is -0.921. The van der Waals surface area contributed by atoms with E-state index in [1.54, 1.807) is 20.5 Å². The number of pyridine rings is 1. The lowest BCUT2D eigenvalue weighted by Crippen LogP contribution is -2.43. The van der Waals surface area contributed by atoms with E-state index in [0.29, 0.717) is 80.1 Å². The molecule has 3 aliphatic rings. The van der Waals surface area contributed by atoms with Crippen LogP contribution in [0.15, 0.2) is 12.5 Å². The predicted octanol–water partition coefficient (Wildman–Crippen LogP) is 6.20. The Bertz CT molecular complexity index is 2050. The summed E-state index contributed by atoms with van der Waals surface area (Å²) in [4.78, 5) is 71.4. The van der Waals surface area contributed by atoms with Crippen LogP contribution in [-0.2, 0) is 58.9 Å². The Morgan fingerprint density at radius 2 is 1.64 bits per heavy atom. The maximum atomic E-state index is 14.0.